The summed E-state index contributed by atoms with van der Waals surface area (Å²) in [5.74, 6) is 0.362. The maximum Gasteiger partial charge on any atom is 0.417 e. The molecular formula is C14H14F3N3O. The molecule has 2 aromatic heterocycles. The number of halogens is 3. The zero-order valence-corrected chi connectivity index (χ0v) is 11.5. The molecule has 0 aliphatic heterocycles. The Balaban J connectivity index is 2.15. The van der Waals surface area contributed by atoms with E-state index in [0.717, 1.165) is 23.5 Å². The van der Waals surface area contributed by atoms with Crippen LogP contribution in [0.3, 0.4) is 0 Å². The molecule has 2 rings (SSSR count). The summed E-state index contributed by atoms with van der Waals surface area (Å²) in [6.45, 7) is 3.62. The molecule has 0 saturated carbocycles. The van der Waals surface area contributed by atoms with Gasteiger partial charge in [0.15, 0.2) is 0 Å². The summed E-state index contributed by atoms with van der Waals surface area (Å²) >= 11 is 0. The second-order valence-electron chi connectivity index (χ2n) is 4.78. The Morgan fingerprint density at radius 3 is 2.52 bits per heavy atom. The van der Waals surface area contributed by atoms with Crippen LogP contribution in [0.1, 0.15) is 22.4 Å². The molecular weight excluding hydrogens is 283 g/mol. The van der Waals surface area contributed by atoms with Gasteiger partial charge < -0.3 is 10.3 Å². The second-order valence-corrected chi connectivity index (χ2v) is 4.78. The Morgan fingerprint density at radius 1 is 1.24 bits per heavy atom. The molecule has 4 nitrogen and oxygen atoms in total. The Morgan fingerprint density at radius 2 is 1.95 bits per heavy atom. The van der Waals surface area contributed by atoms with Gasteiger partial charge in [-0.25, -0.2) is 4.98 Å². The van der Waals surface area contributed by atoms with Crippen LogP contribution in [0, 0.1) is 13.8 Å². The van der Waals surface area contributed by atoms with Crippen molar-refractivity contribution in [1.29, 1.82) is 0 Å². The quantitative estimate of drug-likeness (QED) is 0.915. The van der Waals surface area contributed by atoms with Crippen molar-refractivity contribution < 1.29 is 13.2 Å². The first kappa shape index (κ1) is 15.1. The fourth-order valence-electron chi connectivity index (χ4n) is 1.96. The van der Waals surface area contributed by atoms with Crippen LogP contribution in [0.2, 0.25) is 0 Å². The summed E-state index contributed by atoms with van der Waals surface area (Å²) in [6, 6.07) is 4.26. The SMILES string of the molecule is Cc1cc(CNc2ncc(C(F)(F)F)cc2C)cc(=O)[nH]1. The molecule has 0 fully saturated rings. The number of H-pyrrole nitrogens is 1. The lowest BCUT2D eigenvalue weighted by atomic mass is 10.2. The average Bonchev–Trinajstić information content (AvgIpc) is 2.35. The maximum absolute atomic E-state index is 12.5. The Hall–Kier alpha value is -2.31. The highest BCUT2D eigenvalue weighted by Gasteiger charge is 2.31. The molecule has 0 spiro atoms. The van der Waals surface area contributed by atoms with Crippen LogP contribution in [0.4, 0.5) is 19.0 Å². The number of pyridine rings is 2. The third-order valence-electron chi connectivity index (χ3n) is 2.90. The smallest absolute Gasteiger partial charge is 0.366 e. The molecule has 0 bridgehead atoms. The molecule has 2 N–H and O–H groups in total. The molecule has 0 aliphatic rings. The average molecular weight is 297 g/mol. The lowest BCUT2D eigenvalue weighted by Gasteiger charge is -2.12. The van der Waals surface area contributed by atoms with Crippen molar-refractivity contribution in [1.82, 2.24) is 9.97 Å². The van der Waals surface area contributed by atoms with E-state index in [9.17, 15) is 18.0 Å². The highest BCUT2D eigenvalue weighted by Crippen LogP contribution is 2.30. The molecule has 2 aromatic rings. The molecule has 7 heteroatoms. The number of rotatable bonds is 3. The van der Waals surface area contributed by atoms with E-state index in [-0.39, 0.29) is 5.56 Å². The van der Waals surface area contributed by atoms with E-state index < -0.39 is 11.7 Å². The number of alkyl halides is 3. The van der Waals surface area contributed by atoms with Gasteiger partial charge in [0.25, 0.3) is 0 Å². The minimum atomic E-state index is -4.40. The van der Waals surface area contributed by atoms with E-state index in [1.54, 1.807) is 19.9 Å². The molecule has 0 atom stereocenters. The fraction of sp³-hybridized carbons (Fsp3) is 0.286. The number of nitrogens with zero attached hydrogens (tertiary/aromatic N) is 1. The van der Waals surface area contributed by atoms with Gasteiger partial charge in [-0.1, -0.05) is 0 Å². The third kappa shape index (κ3) is 3.84. The lowest BCUT2D eigenvalue weighted by molar-refractivity contribution is -0.137. The number of nitrogens with one attached hydrogen (secondary N) is 2. The fourth-order valence-corrected chi connectivity index (χ4v) is 1.96. The molecule has 2 heterocycles. The summed E-state index contributed by atoms with van der Waals surface area (Å²) in [7, 11) is 0. The van der Waals surface area contributed by atoms with Gasteiger partial charge >= 0.3 is 6.18 Å². The highest BCUT2D eigenvalue weighted by atomic mass is 19.4. The van der Waals surface area contributed by atoms with Crippen LogP contribution in [-0.2, 0) is 12.7 Å². The highest BCUT2D eigenvalue weighted by molar-refractivity contribution is 5.45. The number of anilines is 1. The first-order chi connectivity index (χ1) is 9.75. The van der Waals surface area contributed by atoms with Gasteiger partial charge in [-0.05, 0) is 37.1 Å². The van der Waals surface area contributed by atoms with Crippen molar-refractivity contribution >= 4 is 5.82 Å². The van der Waals surface area contributed by atoms with Gasteiger partial charge in [-0.15, -0.1) is 0 Å². The summed E-state index contributed by atoms with van der Waals surface area (Å²) in [5, 5.41) is 2.93. The topological polar surface area (TPSA) is 57.8 Å². The van der Waals surface area contributed by atoms with Gasteiger partial charge in [0.2, 0.25) is 5.56 Å². The van der Waals surface area contributed by atoms with Crippen LogP contribution >= 0.6 is 0 Å². The van der Waals surface area contributed by atoms with Crippen LogP contribution in [-0.4, -0.2) is 9.97 Å². The summed E-state index contributed by atoms with van der Waals surface area (Å²) in [5.41, 5.74) is 0.849. The Kier molecular flexibility index (Phi) is 4.02. The standard InChI is InChI=1S/C14H14F3N3O/c1-8-3-11(14(15,16)17)7-19-13(8)18-6-10-4-9(2)20-12(21)5-10/h3-5,7H,6H2,1-2H3,(H,18,19)(H,20,21). The third-order valence-corrected chi connectivity index (χ3v) is 2.90. The van der Waals surface area contributed by atoms with Gasteiger partial charge in [-0.3, -0.25) is 4.79 Å². The van der Waals surface area contributed by atoms with Crippen molar-refractivity contribution in [3.8, 4) is 0 Å². The first-order valence-corrected chi connectivity index (χ1v) is 6.23. The van der Waals surface area contributed by atoms with Crippen molar-refractivity contribution in [2.75, 3.05) is 5.32 Å². The van der Waals surface area contributed by atoms with Crippen LogP contribution in [0.15, 0.2) is 29.2 Å². The minimum Gasteiger partial charge on any atom is -0.366 e. The molecule has 0 aromatic carbocycles. The van der Waals surface area contributed by atoms with Gasteiger partial charge in [0, 0.05) is 24.5 Å². The predicted molar refractivity (Wildman–Crippen MR) is 73.1 cm³/mol. The zero-order valence-electron chi connectivity index (χ0n) is 11.5. The molecule has 112 valence electrons. The summed E-state index contributed by atoms with van der Waals surface area (Å²) < 4.78 is 37.6. The number of aromatic amines is 1. The second kappa shape index (κ2) is 5.59. The van der Waals surface area contributed by atoms with E-state index in [1.165, 1.54) is 6.07 Å². The Bertz CT molecular complexity index is 707. The molecule has 0 saturated heterocycles. The van der Waals surface area contributed by atoms with Crippen LogP contribution in [0.5, 0.6) is 0 Å². The number of hydrogen-bond acceptors (Lipinski definition) is 3. The van der Waals surface area contributed by atoms with E-state index >= 15 is 0 Å². The van der Waals surface area contributed by atoms with E-state index in [2.05, 4.69) is 15.3 Å². The minimum absolute atomic E-state index is 0.219. The number of hydrogen-bond donors (Lipinski definition) is 2. The summed E-state index contributed by atoms with van der Waals surface area (Å²) in [4.78, 5) is 17.7. The molecule has 21 heavy (non-hydrogen) atoms. The van der Waals surface area contributed by atoms with Crippen molar-refractivity contribution in [2.24, 2.45) is 0 Å². The van der Waals surface area contributed by atoms with Gasteiger partial charge in [0.1, 0.15) is 5.82 Å². The first-order valence-electron chi connectivity index (χ1n) is 6.23. The largest absolute Gasteiger partial charge is 0.417 e. The van der Waals surface area contributed by atoms with Crippen LogP contribution < -0.4 is 10.9 Å². The van der Waals surface area contributed by atoms with Crippen LogP contribution in [0.25, 0.3) is 0 Å². The monoisotopic (exact) mass is 297 g/mol. The van der Waals surface area contributed by atoms with Crippen molar-refractivity contribution in [2.45, 2.75) is 26.6 Å². The normalized spacial score (nSPS) is 11.5. The van der Waals surface area contributed by atoms with Crippen molar-refractivity contribution in [3.05, 3.63) is 57.1 Å². The molecule has 0 aliphatic carbocycles. The maximum atomic E-state index is 12.5. The molecule has 0 radical (unpaired) electrons. The van der Waals surface area contributed by atoms with E-state index in [1.807, 2.05) is 0 Å². The lowest BCUT2D eigenvalue weighted by Crippen LogP contribution is -2.11. The molecule has 0 amide bonds. The zero-order chi connectivity index (χ0) is 15.6. The van der Waals surface area contributed by atoms with E-state index in [0.29, 0.717) is 17.9 Å². The molecule has 0 unspecified atom stereocenters. The Labute approximate surface area is 119 Å². The number of aryl methyl sites for hydroxylation is 2. The van der Waals surface area contributed by atoms with Crippen molar-refractivity contribution in [3.63, 3.8) is 0 Å². The summed E-state index contributed by atoms with van der Waals surface area (Å²) in [6.07, 6.45) is -3.61. The number of aromatic nitrogens is 2. The van der Waals surface area contributed by atoms with E-state index in [4.69, 9.17) is 0 Å². The predicted octanol–water partition coefficient (Wildman–Crippen LogP) is 3.02. The van der Waals surface area contributed by atoms with Gasteiger partial charge in [-0.2, -0.15) is 13.2 Å². The van der Waals surface area contributed by atoms with Gasteiger partial charge in [0.05, 0.1) is 5.56 Å².